The molecule has 0 aromatic heterocycles. The minimum Gasteiger partial charge on any atom is -0.481 e. The third-order valence-corrected chi connectivity index (χ3v) is 1.06. The number of nitrogens with zero attached hydrogens (tertiary/aromatic N) is 2. The van der Waals surface area contributed by atoms with E-state index in [4.69, 9.17) is 5.11 Å². The van der Waals surface area contributed by atoms with Crippen LogP contribution < -0.4 is 0 Å². The van der Waals surface area contributed by atoms with Gasteiger partial charge < -0.3 is 5.11 Å². The van der Waals surface area contributed by atoms with Crippen molar-refractivity contribution in [1.82, 2.24) is 0 Å². The van der Waals surface area contributed by atoms with E-state index in [1.807, 2.05) is 0 Å². The van der Waals surface area contributed by atoms with Crippen molar-refractivity contribution in [2.75, 3.05) is 6.54 Å². The van der Waals surface area contributed by atoms with Crippen LogP contribution in [0.25, 0.3) is 0 Å². The topological polar surface area (TPSA) is 62.0 Å². The fourth-order valence-corrected chi connectivity index (χ4v) is 0.546. The van der Waals surface area contributed by atoms with Gasteiger partial charge in [-0.1, -0.05) is 0 Å². The Bertz CT molecular complexity index is 174. The van der Waals surface area contributed by atoms with Crippen molar-refractivity contribution in [2.45, 2.75) is 0 Å². The number of hydrogen-bond donors (Lipinski definition) is 1. The van der Waals surface area contributed by atoms with Gasteiger partial charge in [0.1, 0.15) is 0 Å². The van der Waals surface area contributed by atoms with Crippen molar-refractivity contribution in [3.05, 3.63) is 12.3 Å². The standard InChI is InChI=1S/C5H6N2O2/c8-5(9)4-1-2-6-7-3-4/h1-2,4H,3H2,(H,8,9). The van der Waals surface area contributed by atoms with Gasteiger partial charge in [0.25, 0.3) is 0 Å². The van der Waals surface area contributed by atoms with E-state index in [0.29, 0.717) is 0 Å². The fourth-order valence-electron chi connectivity index (χ4n) is 0.546. The first-order chi connectivity index (χ1) is 4.30. The second-order valence-corrected chi connectivity index (χ2v) is 1.73. The molecule has 0 saturated carbocycles. The molecule has 0 fully saturated rings. The Morgan fingerprint density at radius 1 is 1.78 bits per heavy atom. The first-order valence-corrected chi connectivity index (χ1v) is 2.57. The maximum absolute atomic E-state index is 10.2. The summed E-state index contributed by atoms with van der Waals surface area (Å²) in [4.78, 5) is 10.2. The first kappa shape index (κ1) is 5.94. The molecule has 1 aliphatic rings. The smallest absolute Gasteiger partial charge is 0.312 e. The third kappa shape index (κ3) is 1.35. The maximum Gasteiger partial charge on any atom is 0.312 e. The summed E-state index contributed by atoms with van der Waals surface area (Å²) in [6.07, 6.45) is 2.93. The quantitative estimate of drug-likeness (QED) is 0.561. The molecule has 0 aromatic carbocycles. The molecule has 0 aromatic rings. The summed E-state index contributed by atoms with van der Waals surface area (Å²) in [5.74, 6) is -1.31. The highest BCUT2D eigenvalue weighted by Crippen LogP contribution is 2.04. The lowest BCUT2D eigenvalue weighted by Gasteiger charge is -2.03. The lowest BCUT2D eigenvalue weighted by atomic mass is 10.1. The predicted octanol–water partition coefficient (Wildman–Crippen LogP) is 0.667. The van der Waals surface area contributed by atoms with E-state index in [1.54, 1.807) is 0 Å². The van der Waals surface area contributed by atoms with Gasteiger partial charge in [0.15, 0.2) is 0 Å². The number of azo groups is 1. The number of carboxylic acid groups (broad SMARTS) is 1. The second kappa shape index (κ2) is 2.39. The zero-order valence-corrected chi connectivity index (χ0v) is 4.69. The molecule has 0 aliphatic carbocycles. The van der Waals surface area contributed by atoms with Gasteiger partial charge in [-0.05, 0) is 6.08 Å². The first-order valence-electron chi connectivity index (χ1n) is 2.57. The summed E-state index contributed by atoms with van der Waals surface area (Å²) in [6, 6.07) is 0. The van der Waals surface area contributed by atoms with Gasteiger partial charge >= 0.3 is 5.97 Å². The molecule has 0 radical (unpaired) electrons. The highest BCUT2D eigenvalue weighted by atomic mass is 16.4. The van der Waals surface area contributed by atoms with Gasteiger partial charge in [-0.25, -0.2) is 0 Å². The van der Waals surface area contributed by atoms with Gasteiger partial charge in [-0.15, -0.1) is 0 Å². The van der Waals surface area contributed by atoms with Crippen molar-refractivity contribution < 1.29 is 9.90 Å². The van der Waals surface area contributed by atoms with Crippen LogP contribution in [0.4, 0.5) is 0 Å². The lowest BCUT2D eigenvalue weighted by molar-refractivity contribution is -0.139. The number of aliphatic carboxylic acids is 1. The highest BCUT2D eigenvalue weighted by molar-refractivity contribution is 5.72. The molecule has 0 spiro atoms. The highest BCUT2D eigenvalue weighted by Gasteiger charge is 2.14. The van der Waals surface area contributed by atoms with Crippen molar-refractivity contribution >= 4 is 5.97 Å². The molecule has 1 heterocycles. The van der Waals surface area contributed by atoms with Crippen LogP contribution in [0.5, 0.6) is 0 Å². The van der Waals surface area contributed by atoms with Crippen LogP contribution in [-0.2, 0) is 4.79 Å². The summed E-state index contributed by atoms with van der Waals surface area (Å²) in [5, 5.41) is 15.4. The minimum atomic E-state index is -0.843. The molecule has 9 heavy (non-hydrogen) atoms. The summed E-state index contributed by atoms with van der Waals surface area (Å²) >= 11 is 0. The Hall–Kier alpha value is -1.19. The van der Waals surface area contributed by atoms with E-state index in [2.05, 4.69) is 10.2 Å². The Morgan fingerprint density at radius 3 is 2.89 bits per heavy atom. The number of hydrogen-bond acceptors (Lipinski definition) is 3. The monoisotopic (exact) mass is 126 g/mol. The number of carbonyl (C=O) groups is 1. The van der Waals surface area contributed by atoms with Gasteiger partial charge in [-0.2, -0.15) is 10.2 Å². The van der Waals surface area contributed by atoms with Crippen LogP contribution in [-0.4, -0.2) is 17.6 Å². The fraction of sp³-hybridized carbons (Fsp3) is 0.400. The van der Waals surface area contributed by atoms with Crippen molar-refractivity contribution in [1.29, 1.82) is 0 Å². The number of rotatable bonds is 1. The molecule has 1 atom stereocenters. The lowest BCUT2D eigenvalue weighted by Crippen LogP contribution is -2.14. The Kier molecular flexibility index (Phi) is 1.58. The van der Waals surface area contributed by atoms with E-state index < -0.39 is 11.9 Å². The van der Waals surface area contributed by atoms with Gasteiger partial charge in [0.05, 0.1) is 12.5 Å². The SMILES string of the molecule is O=C(O)C1C=CN=NC1. The molecule has 48 valence electrons. The van der Waals surface area contributed by atoms with Crippen LogP contribution in [0.1, 0.15) is 0 Å². The van der Waals surface area contributed by atoms with E-state index in [1.165, 1.54) is 12.3 Å². The average Bonchev–Trinajstić information content (AvgIpc) is 1.90. The van der Waals surface area contributed by atoms with Crippen LogP contribution in [0, 0.1) is 5.92 Å². The summed E-state index contributed by atoms with van der Waals surface area (Å²) in [7, 11) is 0. The summed E-state index contributed by atoms with van der Waals surface area (Å²) in [6.45, 7) is 0.270. The molecule has 0 saturated heterocycles. The zero-order chi connectivity index (χ0) is 6.69. The normalized spacial score (nSPS) is 24.2. The molecule has 1 aliphatic heterocycles. The van der Waals surface area contributed by atoms with Crippen LogP contribution in [0.3, 0.4) is 0 Å². The molecular formula is C5H6N2O2. The Balaban J connectivity index is 2.56. The predicted molar refractivity (Wildman–Crippen MR) is 30.0 cm³/mol. The Labute approximate surface area is 51.9 Å². The van der Waals surface area contributed by atoms with E-state index in [-0.39, 0.29) is 6.54 Å². The molecule has 4 heteroatoms. The summed E-state index contributed by atoms with van der Waals surface area (Å²) in [5.41, 5.74) is 0. The van der Waals surface area contributed by atoms with Gasteiger partial charge in [0.2, 0.25) is 0 Å². The molecule has 0 amide bonds. The van der Waals surface area contributed by atoms with Gasteiger partial charge in [-0.3, -0.25) is 4.79 Å². The van der Waals surface area contributed by atoms with Crippen LogP contribution in [0.2, 0.25) is 0 Å². The molecule has 4 nitrogen and oxygen atoms in total. The van der Waals surface area contributed by atoms with Crippen molar-refractivity contribution in [3.8, 4) is 0 Å². The third-order valence-electron chi connectivity index (χ3n) is 1.06. The summed E-state index contributed by atoms with van der Waals surface area (Å²) < 4.78 is 0. The molecule has 1 N–H and O–H groups in total. The van der Waals surface area contributed by atoms with E-state index in [0.717, 1.165) is 0 Å². The van der Waals surface area contributed by atoms with Crippen molar-refractivity contribution in [3.63, 3.8) is 0 Å². The van der Waals surface area contributed by atoms with E-state index >= 15 is 0 Å². The molecule has 0 bridgehead atoms. The number of carboxylic acids is 1. The molecule has 1 unspecified atom stereocenters. The second-order valence-electron chi connectivity index (χ2n) is 1.73. The van der Waals surface area contributed by atoms with Crippen LogP contribution >= 0.6 is 0 Å². The van der Waals surface area contributed by atoms with E-state index in [9.17, 15) is 4.79 Å². The Morgan fingerprint density at radius 2 is 2.56 bits per heavy atom. The van der Waals surface area contributed by atoms with Crippen LogP contribution in [0.15, 0.2) is 22.5 Å². The average molecular weight is 126 g/mol. The molecule has 1 rings (SSSR count). The molecular weight excluding hydrogens is 120 g/mol. The maximum atomic E-state index is 10.2. The van der Waals surface area contributed by atoms with Crippen molar-refractivity contribution in [2.24, 2.45) is 16.1 Å². The minimum absolute atomic E-state index is 0.270. The van der Waals surface area contributed by atoms with Gasteiger partial charge in [0, 0.05) is 6.20 Å². The largest absolute Gasteiger partial charge is 0.481 e. The zero-order valence-electron chi connectivity index (χ0n) is 4.69.